The average molecular weight is 233 g/mol. The number of rotatable bonds is 5. The van der Waals surface area contributed by atoms with Crippen LogP contribution >= 0.6 is 0 Å². The van der Waals surface area contributed by atoms with E-state index in [1.54, 1.807) is 18.0 Å². The van der Waals surface area contributed by atoms with Gasteiger partial charge in [0.15, 0.2) is 5.75 Å². The van der Waals surface area contributed by atoms with Gasteiger partial charge in [-0.2, -0.15) is 5.10 Å². The summed E-state index contributed by atoms with van der Waals surface area (Å²) in [5.74, 6) is 1.53. The van der Waals surface area contributed by atoms with Crippen molar-refractivity contribution in [3.05, 3.63) is 36.7 Å². The van der Waals surface area contributed by atoms with Gasteiger partial charge in [0.05, 0.1) is 25.2 Å². The van der Waals surface area contributed by atoms with E-state index in [0.717, 1.165) is 17.2 Å². The number of methoxy groups -OCH3 is 1. The lowest BCUT2D eigenvalue weighted by Gasteiger charge is -2.04. The number of hydrogen-bond donors (Lipinski definition) is 1. The Morgan fingerprint density at radius 3 is 3.00 bits per heavy atom. The van der Waals surface area contributed by atoms with Crippen LogP contribution in [0.25, 0.3) is 5.69 Å². The first-order chi connectivity index (χ1) is 8.33. The van der Waals surface area contributed by atoms with E-state index in [2.05, 4.69) is 10.4 Å². The van der Waals surface area contributed by atoms with Gasteiger partial charge in [0.2, 0.25) is 0 Å². The summed E-state index contributed by atoms with van der Waals surface area (Å²) in [6.45, 7) is 0.462. The van der Waals surface area contributed by atoms with Gasteiger partial charge in [0.1, 0.15) is 12.5 Å². The van der Waals surface area contributed by atoms with E-state index >= 15 is 0 Å². The third-order valence-corrected chi connectivity index (χ3v) is 2.26. The molecular weight excluding hydrogens is 218 g/mol. The van der Waals surface area contributed by atoms with Gasteiger partial charge in [-0.1, -0.05) is 6.07 Å². The molecule has 1 aromatic carbocycles. The number of hydrogen-bond acceptors (Lipinski definition) is 4. The van der Waals surface area contributed by atoms with Crippen molar-refractivity contribution in [2.75, 3.05) is 20.9 Å². The number of nitrogens with zero attached hydrogens (tertiary/aromatic N) is 2. The minimum absolute atomic E-state index is 0.462. The standard InChI is InChI=1S/C12H15N3O2/c1-13-9-17-12-7-14-15(8-12)10-4-3-5-11(6-10)16-2/h3-8,13H,9H2,1-2H3. The molecule has 1 heterocycles. The van der Waals surface area contributed by atoms with Crippen molar-refractivity contribution in [3.63, 3.8) is 0 Å². The molecule has 0 bridgehead atoms. The Kier molecular flexibility index (Phi) is 3.62. The van der Waals surface area contributed by atoms with Crippen LogP contribution in [-0.2, 0) is 0 Å². The zero-order valence-corrected chi connectivity index (χ0v) is 9.88. The third kappa shape index (κ3) is 2.76. The summed E-state index contributed by atoms with van der Waals surface area (Å²) in [6.07, 6.45) is 3.50. The molecule has 0 unspecified atom stereocenters. The Labute approximate surface area is 100.0 Å². The van der Waals surface area contributed by atoms with E-state index in [1.165, 1.54) is 0 Å². The Morgan fingerprint density at radius 1 is 1.35 bits per heavy atom. The SMILES string of the molecule is CNCOc1cnn(-c2cccc(OC)c2)c1. The summed E-state index contributed by atoms with van der Waals surface area (Å²) in [4.78, 5) is 0. The van der Waals surface area contributed by atoms with E-state index in [0.29, 0.717) is 6.73 Å². The second kappa shape index (κ2) is 5.36. The van der Waals surface area contributed by atoms with Gasteiger partial charge in [0.25, 0.3) is 0 Å². The molecule has 0 aliphatic heterocycles. The molecule has 0 fully saturated rings. The van der Waals surface area contributed by atoms with E-state index in [1.807, 2.05) is 37.5 Å². The molecule has 2 aromatic rings. The van der Waals surface area contributed by atoms with E-state index in [4.69, 9.17) is 9.47 Å². The van der Waals surface area contributed by atoms with Crippen LogP contribution in [0.15, 0.2) is 36.7 Å². The highest BCUT2D eigenvalue weighted by atomic mass is 16.5. The molecule has 0 aliphatic carbocycles. The van der Waals surface area contributed by atoms with Gasteiger partial charge in [0, 0.05) is 6.07 Å². The molecule has 2 rings (SSSR count). The van der Waals surface area contributed by atoms with Crippen molar-refractivity contribution in [1.82, 2.24) is 15.1 Å². The normalized spacial score (nSPS) is 10.2. The van der Waals surface area contributed by atoms with E-state index < -0.39 is 0 Å². The van der Waals surface area contributed by atoms with Crippen molar-refractivity contribution in [2.45, 2.75) is 0 Å². The Balaban J connectivity index is 2.18. The summed E-state index contributed by atoms with van der Waals surface area (Å²) in [5, 5.41) is 7.13. The summed E-state index contributed by atoms with van der Waals surface area (Å²) in [7, 11) is 3.47. The maximum Gasteiger partial charge on any atom is 0.159 e. The summed E-state index contributed by atoms with van der Waals surface area (Å²) in [6, 6.07) is 7.68. The van der Waals surface area contributed by atoms with Gasteiger partial charge < -0.3 is 9.47 Å². The molecule has 1 N–H and O–H groups in total. The molecule has 0 spiro atoms. The van der Waals surface area contributed by atoms with Crippen LogP contribution in [0.4, 0.5) is 0 Å². The molecule has 0 saturated heterocycles. The van der Waals surface area contributed by atoms with Crippen LogP contribution in [0.5, 0.6) is 11.5 Å². The molecule has 0 atom stereocenters. The summed E-state index contributed by atoms with van der Waals surface area (Å²) < 4.78 is 12.3. The monoisotopic (exact) mass is 233 g/mol. The van der Waals surface area contributed by atoms with Crippen LogP contribution in [-0.4, -0.2) is 30.7 Å². The summed E-state index contributed by atoms with van der Waals surface area (Å²) >= 11 is 0. The fourth-order valence-electron chi connectivity index (χ4n) is 1.43. The Bertz CT molecular complexity index is 482. The maximum absolute atomic E-state index is 5.39. The van der Waals surface area contributed by atoms with Crippen LogP contribution in [0.3, 0.4) is 0 Å². The van der Waals surface area contributed by atoms with E-state index in [-0.39, 0.29) is 0 Å². The molecule has 5 nitrogen and oxygen atoms in total. The molecule has 0 amide bonds. The first-order valence-corrected chi connectivity index (χ1v) is 5.30. The van der Waals surface area contributed by atoms with Gasteiger partial charge in [-0.05, 0) is 19.2 Å². The lowest BCUT2D eigenvalue weighted by molar-refractivity contribution is 0.296. The minimum Gasteiger partial charge on any atom is -0.497 e. The molecule has 90 valence electrons. The number of aromatic nitrogens is 2. The second-order valence-electron chi connectivity index (χ2n) is 3.46. The van der Waals surface area contributed by atoms with Crippen molar-refractivity contribution < 1.29 is 9.47 Å². The van der Waals surface area contributed by atoms with Crippen LogP contribution < -0.4 is 14.8 Å². The zero-order chi connectivity index (χ0) is 12.1. The van der Waals surface area contributed by atoms with Gasteiger partial charge >= 0.3 is 0 Å². The quantitative estimate of drug-likeness (QED) is 0.794. The highest BCUT2D eigenvalue weighted by Crippen LogP contribution is 2.18. The number of ether oxygens (including phenoxy) is 2. The number of nitrogens with one attached hydrogen (secondary N) is 1. The largest absolute Gasteiger partial charge is 0.497 e. The molecule has 17 heavy (non-hydrogen) atoms. The third-order valence-electron chi connectivity index (χ3n) is 2.26. The first-order valence-electron chi connectivity index (χ1n) is 5.30. The molecule has 0 radical (unpaired) electrons. The van der Waals surface area contributed by atoms with Crippen molar-refractivity contribution in [2.24, 2.45) is 0 Å². The topological polar surface area (TPSA) is 48.3 Å². The minimum atomic E-state index is 0.462. The molecule has 5 heteroatoms. The fourth-order valence-corrected chi connectivity index (χ4v) is 1.43. The van der Waals surface area contributed by atoms with Crippen LogP contribution in [0, 0.1) is 0 Å². The fraction of sp³-hybridized carbons (Fsp3) is 0.250. The Morgan fingerprint density at radius 2 is 2.24 bits per heavy atom. The highest BCUT2D eigenvalue weighted by Gasteiger charge is 2.02. The Hall–Kier alpha value is -2.01. The van der Waals surface area contributed by atoms with Crippen LogP contribution in [0.2, 0.25) is 0 Å². The smallest absolute Gasteiger partial charge is 0.159 e. The lowest BCUT2D eigenvalue weighted by atomic mass is 10.3. The molecular formula is C12H15N3O2. The molecule has 0 saturated carbocycles. The van der Waals surface area contributed by atoms with Crippen molar-refractivity contribution in [1.29, 1.82) is 0 Å². The van der Waals surface area contributed by atoms with Gasteiger partial charge in [-0.3, -0.25) is 5.32 Å². The zero-order valence-electron chi connectivity index (χ0n) is 9.88. The van der Waals surface area contributed by atoms with Crippen LogP contribution in [0.1, 0.15) is 0 Å². The highest BCUT2D eigenvalue weighted by molar-refractivity contribution is 5.39. The second-order valence-corrected chi connectivity index (χ2v) is 3.46. The van der Waals surface area contributed by atoms with E-state index in [9.17, 15) is 0 Å². The molecule has 1 aromatic heterocycles. The maximum atomic E-state index is 5.39. The predicted octanol–water partition coefficient (Wildman–Crippen LogP) is 1.44. The van der Waals surface area contributed by atoms with Crippen molar-refractivity contribution >= 4 is 0 Å². The van der Waals surface area contributed by atoms with Gasteiger partial charge in [-0.15, -0.1) is 0 Å². The first kappa shape index (κ1) is 11.5. The molecule has 0 aliphatic rings. The predicted molar refractivity (Wildman–Crippen MR) is 64.7 cm³/mol. The number of benzene rings is 1. The average Bonchev–Trinajstić information content (AvgIpc) is 2.85. The van der Waals surface area contributed by atoms with Crippen molar-refractivity contribution in [3.8, 4) is 17.2 Å². The van der Waals surface area contributed by atoms with Gasteiger partial charge in [-0.25, -0.2) is 4.68 Å². The lowest BCUT2D eigenvalue weighted by Crippen LogP contribution is -2.13. The summed E-state index contributed by atoms with van der Waals surface area (Å²) in [5.41, 5.74) is 0.934.